The normalized spacial score (nSPS) is 13.5. The molecule has 13 heavy (non-hydrogen) atoms. The van der Waals surface area contributed by atoms with Gasteiger partial charge < -0.3 is 16.0 Å². The maximum atomic E-state index is 10.2. The molecular weight excluding hydrogens is 180 g/mol. The average molecular weight is 194 g/mol. The van der Waals surface area contributed by atoms with Crippen LogP contribution in [-0.2, 0) is 4.79 Å². The first-order valence-electron chi connectivity index (χ1n) is 3.64. The molecule has 0 spiro atoms. The molecule has 0 fully saturated rings. The van der Waals surface area contributed by atoms with Crippen LogP contribution in [0.3, 0.4) is 0 Å². The van der Waals surface area contributed by atoms with E-state index in [1.54, 1.807) is 0 Å². The van der Waals surface area contributed by atoms with Gasteiger partial charge in [0.25, 0.3) is 5.09 Å². The van der Waals surface area contributed by atoms with Gasteiger partial charge in [0.1, 0.15) is 6.04 Å². The first-order chi connectivity index (χ1) is 5.82. The van der Waals surface area contributed by atoms with E-state index in [2.05, 4.69) is 0 Å². The standard InChI is InChI=1S/C6H13NO2.HNO3/c1-3-4(2)5(7)6(8)9;2-1(3)4/h4-5H,3,7H2,1-2H3,(H,8,9);(H,2,3,4)/t4-,5-;/m0./s1. The second kappa shape index (κ2) is 7.29. The van der Waals surface area contributed by atoms with Crippen molar-refractivity contribution in [2.24, 2.45) is 11.7 Å². The fraction of sp³-hybridized carbons (Fsp3) is 0.833. The minimum Gasteiger partial charge on any atom is -0.480 e. The molecule has 0 aromatic rings. The van der Waals surface area contributed by atoms with Gasteiger partial charge in [-0.25, -0.2) is 0 Å². The third kappa shape index (κ3) is 10.6. The van der Waals surface area contributed by atoms with Gasteiger partial charge in [0.2, 0.25) is 0 Å². The number of carboxylic acid groups (broad SMARTS) is 1. The summed E-state index contributed by atoms with van der Waals surface area (Å²) in [6.45, 7) is 3.76. The molecule has 7 heteroatoms. The smallest absolute Gasteiger partial charge is 0.320 e. The highest BCUT2D eigenvalue weighted by Crippen LogP contribution is 2.04. The molecule has 0 unspecified atom stereocenters. The van der Waals surface area contributed by atoms with E-state index in [1.807, 2.05) is 13.8 Å². The summed E-state index contributed by atoms with van der Waals surface area (Å²) in [7, 11) is 0. The number of carbonyl (C=O) groups is 1. The van der Waals surface area contributed by atoms with Gasteiger partial charge in [-0.2, -0.15) is 0 Å². The van der Waals surface area contributed by atoms with Crippen molar-refractivity contribution in [1.29, 1.82) is 0 Å². The molecule has 0 aromatic carbocycles. The molecule has 7 nitrogen and oxygen atoms in total. The van der Waals surface area contributed by atoms with Crippen molar-refractivity contribution in [1.82, 2.24) is 0 Å². The van der Waals surface area contributed by atoms with Gasteiger partial charge in [0.15, 0.2) is 0 Å². The van der Waals surface area contributed by atoms with E-state index in [0.717, 1.165) is 6.42 Å². The first kappa shape index (κ1) is 14.2. The highest BCUT2D eigenvalue weighted by Gasteiger charge is 2.17. The van der Waals surface area contributed by atoms with Crippen molar-refractivity contribution < 1.29 is 20.2 Å². The zero-order chi connectivity index (χ0) is 11.0. The lowest BCUT2D eigenvalue weighted by Crippen LogP contribution is -2.36. The molecule has 0 radical (unpaired) electrons. The number of hydrogen-bond acceptors (Lipinski definition) is 4. The Bertz CT molecular complexity index is 168. The van der Waals surface area contributed by atoms with Crippen molar-refractivity contribution in [3.05, 3.63) is 10.1 Å². The fourth-order valence-electron chi connectivity index (χ4n) is 0.497. The van der Waals surface area contributed by atoms with Gasteiger partial charge in [-0.3, -0.25) is 4.79 Å². The summed E-state index contributed by atoms with van der Waals surface area (Å²) in [5, 5.41) is 22.0. The Morgan fingerprint density at radius 3 is 2.08 bits per heavy atom. The van der Waals surface area contributed by atoms with Gasteiger partial charge in [0.05, 0.1) is 0 Å². The molecule has 78 valence electrons. The zero-order valence-corrected chi connectivity index (χ0v) is 7.51. The molecular formula is C6H14N2O5. The number of nitrogens with zero attached hydrogens (tertiary/aromatic N) is 1. The second-order valence-corrected chi connectivity index (χ2v) is 2.49. The van der Waals surface area contributed by atoms with E-state index in [1.165, 1.54) is 0 Å². The van der Waals surface area contributed by atoms with E-state index < -0.39 is 17.1 Å². The molecule has 0 aliphatic rings. The number of hydrogen-bond donors (Lipinski definition) is 3. The van der Waals surface area contributed by atoms with Crippen molar-refractivity contribution in [3.8, 4) is 0 Å². The third-order valence-corrected chi connectivity index (χ3v) is 1.54. The van der Waals surface area contributed by atoms with Gasteiger partial charge in [-0.1, -0.05) is 20.3 Å². The molecule has 0 saturated heterocycles. The monoisotopic (exact) mass is 194 g/mol. The minimum atomic E-state index is -1.50. The predicted molar refractivity (Wildman–Crippen MR) is 43.8 cm³/mol. The summed E-state index contributed by atoms with van der Waals surface area (Å²) in [4.78, 5) is 18.5. The van der Waals surface area contributed by atoms with Crippen LogP contribution in [-0.4, -0.2) is 27.4 Å². The highest BCUT2D eigenvalue weighted by molar-refractivity contribution is 5.73. The average Bonchev–Trinajstić information content (AvgIpc) is 2.00. The molecule has 0 heterocycles. The molecule has 0 amide bonds. The summed E-state index contributed by atoms with van der Waals surface area (Å²) >= 11 is 0. The molecule has 0 aliphatic heterocycles. The zero-order valence-electron chi connectivity index (χ0n) is 7.51. The van der Waals surface area contributed by atoms with Gasteiger partial charge >= 0.3 is 5.97 Å². The van der Waals surface area contributed by atoms with Crippen molar-refractivity contribution in [2.45, 2.75) is 26.3 Å². The van der Waals surface area contributed by atoms with Crippen molar-refractivity contribution in [2.75, 3.05) is 0 Å². The number of carboxylic acids is 1. The predicted octanol–water partition coefficient (Wildman–Crippen LogP) is 0.0967. The molecule has 4 N–H and O–H groups in total. The van der Waals surface area contributed by atoms with Crippen LogP contribution in [0.4, 0.5) is 0 Å². The fourth-order valence-corrected chi connectivity index (χ4v) is 0.497. The summed E-state index contributed by atoms with van der Waals surface area (Å²) < 4.78 is 0. The van der Waals surface area contributed by atoms with Gasteiger partial charge in [-0.05, 0) is 5.92 Å². The quantitative estimate of drug-likeness (QED) is 0.431. The summed E-state index contributed by atoms with van der Waals surface area (Å²) in [5.41, 5.74) is 5.27. The lowest BCUT2D eigenvalue weighted by Gasteiger charge is -2.11. The van der Waals surface area contributed by atoms with Crippen LogP contribution >= 0.6 is 0 Å². The third-order valence-electron chi connectivity index (χ3n) is 1.54. The van der Waals surface area contributed by atoms with Crippen LogP contribution in [0.2, 0.25) is 0 Å². The van der Waals surface area contributed by atoms with Crippen LogP contribution in [0.5, 0.6) is 0 Å². The van der Waals surface area contributed by atoms with Gasteiger partial charge in [-0.15, -0.1) is 10.1 Å². The second-order valence-electron chi connectivity index (χ2n) is 2.49. The Labute approximate surface area is 75.3 Å². The number of aliphatic carboxylic acids is 1. The van der Waals surface area contributed by atoms with Crippen molar-refractivity contribution in [3.63, 3.8) is 0 Å². The van der Waals surface area contributed by atoms with Crippen LogP contribution in [0.25, 0.3) is 0 Å². The summed E-state index contributed by atoms with van der Waals surface area (Å²) in [5.74, 6) is -0.841. The van der Waals surface area contributed by atoms with E-state index >= 15 is 0 Å². The molecule has 0 rings (SSSR count). The Morgan fingerprint density at radius 1 is 1.69 bits per heavy atom. The van der Waals surface area contributed by atoms with Gasteiger partial charge in [0, 0.05) is 0 Å². The molecule has 0 saturated carbocycles. The summed E-state index contributed by atoms with van der Waals surface area (Å²) in [6, 6.07) is -0.699. The Balaban J connectivity index is 0. The van der Waals surface area contributed by atoms with Crippen LogP contribution < -0.4 is 5.73 Å². The largest absolute Gasteiger partial charge is 0.480 e. The van der Waals surface area contributed by atoms with Crippen LogP contribution in [0, 0.1) is 16.0 Å². The Kier molecular flexibility index (Phi) is 7.94. The maximum Gasteiger partial charge on any atom is 0.320 e. The lowest BCUT2D eigenvalue weighted by molar-refractivity contribution is -0.742. The first-order valence-corrected chi connectivity index (χ1v) is 3.64. The van der Waals surface area contributed by atoms with E-state index in [0.29, 0.717) is 0 Å². The minimum absolute atomic E-state index is 0.0718. The topological polar surface area (TPSA) is 127 Å². The lowest BCUT2D eigenvalue weighted by atomic mass is 10.0. The number of nitrogens with two attached hydrogens (primary N) is 1. The van der Waals surface area contributed by atoms with E-state index in [-0.39, 0.29) is 5.92 Å². The Morgan fingerprint density at radius 2 is 2.00 bits per heavy atom. The summed E-state index contributed by atoms with van der Waals surface area (Å²) in [6.07, 6.45) is 0.813. The molecule has 2 atom stereocenters. The molecule has 0 aromatic heterocycles. The maximum absolute atomic E-state index is 10.2. The van der Waals surface area contributed by atoms with E-state index in [4.69, 9.17) is 26.2 Å². The van der Waals surface area contributed by atoms with E-state index in [9.17, 15) is 4.79 Å². The van der Waals surface area contributed by atoms with Crippen molar-refractivity contribution >= 4 is 5.97 Å². The van der Waals surface area contributed by atoms with Crippen LogP contribution in [0.15, 0.2) is 0 Å². The number of rotatable bonds is 3. The van der Waals surface area contributed by atoms with Crippen LogP contribution in [0.1, 0.15) is 20.3 Å². The Hall–Kier alpha value is -1.37. The molecule has 0 aliphatic carbocycles. The highest BCUT2D eigenvalue weighted by atomic mass is 16.9. The SMILES string of the molecule is CC[C@H](C)[C@H](N)C(=O)O.O=[N+]([O-])O. The molecule has 0 bridgehead atoms.